The molecule has 0 aliphatic heterocycles. The Kier molecular flexibility index (Phi) is 6.15. The second kappa shape index (κ2) is 9.38. The molecule has 0 fully saturated rings. The first-order valence-electron chi connectivity index (χ1n) is 11.3. The number of aromatic nitrogens is 2. The molecule has 0 spiro atoms. The largest absolute Gasteiger partial charge is 0.493 e. The van der Waals surface area contributed by atoms with Crippen LogP contribution in [0.2, 0.25) is 0 Å². The minimum Gasteiger partial charge on any atom is -0.493 e. The van der Waals surface area contributed by atoms with E-state index in [9.17, 15) is 4.79 Å². The van der Waals surface area contributed by atoms with Crippen molar-refractivity contribution >= 4 is 33.3 Å². The Labute approximate surface area is 202 Å². The molecular formula is C26H27N3O4S. The molecule has 2 aromatic heterocycles. The van der Waals surface area contributed by atoms with Crippen molar-refractivity contribution in [3.05, 3.63) is 52.4 Å². The van der Waals surface area contributed by atoms with Crippen LogP contribution in [0.4, 0.5) is 5.00 Å². The number of amides is 1. The molecule has 0 radical (unpaired) electrons. The Morgan fingerprint density at radius 2 is 1.79 bits per heavy atom. The second-order valence-corrected chi connectivity index (χ2v) is 9.38. The molecule has 0 unspecified atom stereocenters. The molecule has 2 N–H and O–H groups in total. The van der Waals surface area contributed by atoms with Gasteiger partial charge in [-0.1, -0.05) is 12.1 Å². The minimum absolute atomic E-state index is 0.106. The fourth-order valence-electron chi connectivity index (χ4n) is 4.57. The lowest BCUT2D eigenvalue weighted by molar-refractivity contribution is -0.115. The number of thiophene rings is 1. The van der Waals surface area contributed by atoms with Gasteiger partial charge in [0.1, 0.15) is 10.8 Å². The van der Waals surface area contributed by atoms with E-state index in [0.29, 0.717) is 17.2 Å². The Balaban J connectivity index is 1.47. The molecule has 34 heavy (non-hydrogen) atoms. The number of methoxy groups -OCH3 is 3. The van der Waals surface area contributed by atoms with E-state index >= 15 is 0 Å². The SMILES string of the molecule is COc1cc(CC(=O)Nc2sc3c(c2-c2nc4ccccc4[nH]2)CCCC3)cc(OC)c1OC. The number of carbonyl (C=O) groups is 1. The Morgan fingerprint density at radius 1 is 1.06 bits per heavy atom. The number of H-pyrrole nitrogens is 1. The fraction of sp³-hybridized carbons (Fsp3) is 0.308. The van der Waals surface area contributed by atoms with Gasteiger partial charge in [0.05, 0.1) is 44.3 Å². The number of aromatic amines is 1. The standard InChI is InChI=1S/C26H27N3O4S/c1-31-19-12-15(13-20(32-2)24(19)33-3)14-22(30)29-26-23(16-8-4-7-11-21(16)34-26)25-27-17-9-5-6-10-18(17)28-25/h5-6,9-10,12-13H,4,7-8,11,14H2,1-3H3,(H,27,28)(H,29,30). The van der Waals surface area contributed by atoms with Crippen molar-refractivity contribution in [2.24, 2.45) is 0 Å². The van der Waals surface area contributed by atoms with E-state index in [1.807, 2.05) is 24.3 Å². The Bertz CT molecular complexity index is 1300. The van der Waals surface area contributed by atoms with Crippen LogP contribution in [0.15, 0.2) is 36.4 Å². The third kappa shape index (κ3) is 4.09. The van der Waals surface area contributed by atoms with Crippen molar-refractivity contribution < 1.29 is 19.0 Å². The predicted molar refractivity (Wildman–Crippen MR) is 134 cm³/mol. The summed E-state index contributed by atoms with van der Waals surface area (Å²) in [6.07, 6.45) is 4.54. The highest BCUT2D eigenvalue weighted by molar-refractivity contribution is 7.17. The average Bonchev–Trinajstić information content (AvgIpc) is 3.43. The van der Waals surface area contributed by atoms with Crippen molar-refractivity contribution in [1.29, 1.82) is 0 Å². The van der Waals surface area contributed by atoms with Crippen LogP contribution in [-0.4, -0.2) is 37.2 Å². The first kappa shape index (κ1) is 22.3. The van der Waals surface area contributed by atoms with Gasteiger partial charge in [0.15, 0.2) is 11.5 Å². The number of nitrogens with one attached hydrogen (secondary N) is 2. The molecule has 2 heterocycles. The number of benzene rings is 2. The van der Waals surface area contributed by atoms with Gasteiger partial charge in [-0.3, -0.25) is 4.79 Å². The molecule has 5 rings (SSSR count). The quantitative estimate of drug-likeness (QED) is 0.373. The number of carbonyl (C=O) groups excluding carboxylic acids is 1. The van der Waals surface area contributed by atoms with Gasteiger partial charge in [0.2, 0.25) is 11.7 Å². The third-order valence-corrected chi connectivity index (χ3v) is 7.35. The number of fused-ring (bicyclic) bond motifs is 2. The first-order valence-corrected chi connectivity index (χ1v) is 12.1. The van der Waals surface area contributed by atoms with Gasteiger partial charge in [-0.2, -0.15) is 0 Å². The van der Waals surface area contributed by atoms with Crippen molar-refractivity contribution in [3.8, 4) is 28.6 Å². The minimum atomic E-state index is -0.106. The van der Waals surface area contributed by atoms with E-state index in [4.69, 9.17) is 19.2 Å². The average molecular weight is 478 g/mol. The number of rotatable bonds is 7. The fourth-order valence-corrected chi connectivity index (χ4v) is 5.88. The third-order valence-electron chi connectivity index (χ3n) is 6.14. The summed E-state index contributed by atoms with van der Waals surface area (Å²) in [7, 11) is 4.69. The van der Waals surface area contributed by atoms with Gasteiger partial charge in [0, 0.05) is 4.88 Å². The molecule has 7 nitrogen and oxygen atoms in total. The maximum absolute atomic E-state index is 13.2. The number of imidazole rings is 1. The zero-order valence-corrected chi connectivity index (χ0v) is 20.3. The topological polar surface area (TPSA) is 85.5 Å². The summed E-state index contributed by atoms with van der Waals surface area (Å²) < 4.78 is 16.3. The molecule has 2 aromatic carbocycles. The molecule has 0 bridgehead atoms. The van der Waals surface area contributed by atoms with Crippen LogP contribution in [0, 0.1) is 0 Å². The van der Waals surface area contributed by atoms with E-state index < -0.39 is 0 Å². The predicted octanol–water partition coefficient (Wildman–Crippen LogP) is 5.38. The molecule has 1 aliphatic carbocycles. The summed E-state index contributed by atoms with van der Waals surface area (Å²) in [5.41, 5.74) is 5.01. The van der Waals surface area contributed by atoms with Gasteiger partial charge < -0.3 is 24.5 Å². The summed E-state index contributed by atoms with van der Waals surface area (Å²) in [5, 5.41) is 4.02. The Morgan fingerprint density at radius 3 is 2.50 bits per heavy atom. The highest BCUT2D eigenvalue weighted by atomic mass is 32.1. The monoisotopic (exact) mass is 477 g/mol. The van der Waals surface area contributed by atoms with Crippen molar-refractivity contribution in [2.45, 2.75) is 32.1 Å². The van der Waals surface area contributed by atoms with E-state index in [-0.39, 0.29) is 12.3 Å². The number of aryl methyl sites for hydroxylation is 1. The van der Waals surface area contributed by atoms with Crippen LogP contribution in [-0.2, 0) is 24.1 Å². The van der Waals surface area contributed by atoms with Gasteiger partial charge in [-0.25, -0.2) is 4.98 Å². The smallest absolute Gasteiger partial charge is 0.229 e. The second-order valence-electron chi connectivity index (χ2n) is 8.28. The van der Waals surface area contributed by atoms with Crippen LogP contribution < -0.4 is 19.5 Å². The van der Waals surface area contributed by atoms with Crippen molar-refractivity contribution in [3.63, 3.8) is 0 Å². The molecule has 1 aliphatic rings. The molecule has 8 heteroatoms. The normalized spacial score (nSPS) is 12.9. The van der Waals surface area contributed by atoms with Crippen LogP contribution in [0.1, 0.15) is 28.8 Å². The summed E-state index contributed by atoms with van der Waals surface area (Å²) in [6.45, 7) is 0. The van der Waals surface area contributed by atoms with Crippen molar-refractivity contribution in [2.75, 3.05) is 26.6 Å². The number of hydrogen-bond donors (Lipinski definition) is 2. The van der Waals surface area contributed by atoms with Crippen molar-refractivity contribution in [1.82, 2.24) is 9.97 Å². The highest BCUT2D eigenvalue weighted by Crippen LogP contribution is 2.44. The van der Waals surface area contributed by atoms with Gasteiger partial charge in [0.25, 0.3) is 0 Å². The lowest BCUT2D eigenvalue weighted by atomic mass is 9.95. The zero-order valence-electron chi connectivity index (χ0n) is 19.5. The number of ether oxygens (including phenoxy) is 3. The Hall–Kier alpha value is -3.52. The molecule has 0 atom stereocenters. The molecule has 0 saturated heterocycles. The lowest BCUT2D eigenvalue weighted by Crippen LogP contribution is -2.14. The van der Waals surface area contributed by atoms with Gasteiger partial charge in [-0.05, 0) is 61.1 Å². The number of nitrogens with zero attached hydrogens (tertiary/aromatic N) is 1. The van der Waals surface area contributed by atoms with Crippen LogP contribution in [0.5, 0.6) is 17.2 Å². The first-order chi connectivity index (χ1) is 16.6. The summed E-state index contributed by atoms with van der Waals surface area (Å²) in [5.74, 6) is 2.26. The van der Waals surface area contributed by atoms with Crippen LogP contribution in [0.3, 0.4) is 0 Å². The molecular weight excluding hydrogens is 450 g/mol. The number of para-hydroxylation sites is 2. The summed E-state index contributed by atoms with van der Waals surface area (Å²) in [6, 6.07) is 11.6. The van der Waals surface area contributed by atoms with E-state index in [1.165, 1.54) is 16.9 Å². The lowest BCUT2D eigenvalue weighted by Gasteiger charge is -2.14. The highest BCUT2D eigenvalue weighted by Gasteiger charge is 2.25. The van der Waals surface area contributed by atoms with E-state index in [1.54, 1.807) is 44.8 Å². The molecule has 0 saturated carbocycles. The van der Waals surface area contributed by atoms with E-state index in [2.05, 4.69) is 10.3 Å². The van der Waals surface area contributed by atoms with Crippen LogP contribution >= 0.6 is 11.3 Å². The number of hydrogen-bond acceptors (Lipinski definition) is 6. The maximum atomic E-state index is 13.2. The van der Waals surface area contributed by atoms with Gasteiger partial charge in [-0.15, -0.1) is 11.3 Å². The molecule has 1 amide bonds. The molecule has 176 valence electrons. The summed E-state index contributed by atoms with van der Waals surface area (Å²) >= 11 is 1.67. The van der Waals surface area contributed by atoms with Gasteiger partial charge >= 0.3 is 0 Å². The van der Waals surface area contributed by atoms with Crippen LogP contribution in [0.25, 0.3) is 22.4 Å². The van der Waals surface area contributed by atoms with E-state index in [0.717, 1.165) is 52.2 Å². The zero-order chi connectivity index (χ0) is 23.7. The molecule has 4 aromatic rings. The summed E-state index contributed by atoms with van der Waals surface area (Å²) in [4.78, 5) is 22.8. The maximum Gasteiger partial charge on any atom is 0.229 e. The number of anilines is 1.